The summed E-state index contributed by atoms with van der Waals surface area (Å²) in [4.78, 5) is 2.72. The van der Waals surface area contributed by atoms with Gasteiger partial charge in [-0.05, 0) is 18.4 Å². The lowest BCUT2D eigenvalue weighted by molar-refractivity contribution is -0.434. The Kier molecular flexibility index (Phi) is 8.75. The van der Waals surface area contributed by atoms with Gasteiger partial charge in [-0.15, -0.1) is 4.33 Å². The lowest BCUT2D eigenvalue weighted by atomic mass is 10.1. The third-order valence-electron chi connectivity index (χ3n) is 1.67. The van der Waals surface area contributed by atoms with E-state index in [1.54, 1.807) is 0 Å². The molecule has 0 fully saturated rings. The van der Waals surface area contributed by atoms with Gasteiger partial charge in [0, 0.05) is 4.91 Å². The Labute approximate surface area is 86.2 Å². The summed E-state index contributed by atoms with van der Waals surface area (Å²) in [6.07, 6.45) is 1.07. The van der Waals surface area contributed by atoms with Crippen LogP contribution in [0.15, 0.2) is 5.11 Å². The Hall–Kier alpha value is -0.500. The number of nitrogens with zero attached hydrogens (tertiary/aromatic N) is 3. The summed E-state index contributed by atoms with van der Waals surface area (Å²) in [6, 6.07) is -0.250. The molecule has 8 heteroatoms. The fourth-order valence-electron chi connectivity index (χ4n) is 0.968. The Morgan fingerprint density at radius 2 is 2.21 bits per heavy atom. The van der Waals surface area contributed by atoms with Gasteiger partial charge in [0.1, 0.15) is 0 Å². The summed E-state index contributed by atoms with van der Waals surface area (Å²) >= 11 is 0.500. The maximum Gasteiger partial charge on any atom is 0.197 e. The van der Waals surface area contributed by atoms with Crippen LogP contribution in [0.1, 0.15) is 26.7 Å². The van der Waals surface area contributed by atoms with E-state index in [2.05, 4.69) is 19.4 Å². The molecule has 0 aliphatic heterocycles. The molecule has 14 heavy (non-hydrogen) atoms. The smallest absolute Gasteiger partial charge is 0.197 e. The number of rotatable bonds is 8. The Morgan fingerprint density at radius 1 is 1.50 bits per heavy atom. The van der Waals surface area contributed by atoms with Crippen molar-refractivity contribution in [3.63, 3.8) is 0 Å². The average molecular weight is 223 g/mol. The number of azide groups is 1. The van der Waals surface area contributed by atoms with Gasteiger partial charge in [0.2, 0.25) is 0 Å². The highest BCUT2D eigenvalue weighted by Gasteiger charge is 2.18. The van der Waals surface area contributed by atoms with Crippen molar-refractivity contribution in [2.45, 2.75) is 38.8 Å². The van der Waals surface area contributed by atoms with Gasteiger partial charge in [-0.3, -0.25) is 4.18 Å². The molecule has 0 spiro atoms. The van der Waals surface area contributed by atoms with Crippen LogP contribution < -0.4 is 0 Å². The summed E-state index contributed by atoms with van der Waals surface area (Å²) in [5.74, 6) is 0. The normalized spacial score (nSPS) is 14.5. The molecule has 2 atom stereocenters. The lowest BCUT2D eigenvalue weighted by Crippen LogP contribution is -2.23. The second kappa shape index (κ2) is 9.07. The minimum Gasteiger partial charge on any atom is -0.286 e. The van der Waals surface area contributed by atoms with Crippen LogP contribution in [0, 0.1) is 0 Å². The van der Waals surface area contributed by atoms with E-state index in [0.29, 0.717) is 25.2 Å². The lowest BCUT2D eigenvalue weighted by Gasteiger charge is -2.18. The fraction of sp³-hybridized carbons (Fsp3) is 1.00. The van der Waals surface area contributed by atoms with Crippen LogP contribution in [-0.2, 0) is 13.6 Å². The SMILES string of the molecule is CC[C@H](N=[N+]=[N-])[C@@H](CC)OSOOO. The summed E-state index contributed by atoms with van der Waals surface area (Å²) in [7, 11) is 0. The molecule has 0 saturated heterocycles. The van der Waals surface area contributed by atoms with E-state index in [9.17, 15) is 0 Å². The largest absolute Gasteiger partial charge is 0.286 e. The molecule has 82 valence electrons. The van der Waals surface area contributed by atoms with Crippen LogP contribution >= 0.6 is 12.3 Å². The van der Waals surface area contributed by atoms with Crippen LogP contribution in [0.4, 0.5) is 0 Å². The molecule has 0 heterocycles. The summed E-state index contributed by atoms with van der Waals surface area (Å²) < 4.78 is 9.14. The van der Waals surface area contributed by atoms with Gasteiger partial charge in [-0.25, -0.2) is 5.26 Å². The average Bonchev–Trinajstić information content (AvgIpc) is 2.22. The maximum absolute atomic E-state index is 8.28. The van der Waals surface area contributed by atoms with Crippen molar-refractivity contribution >= 4 is 12.3 Å². The minimum absolute atomic E-state index is 0.250. The highest BCUT2D eigenvalue weighted by Crippen LogP contribution is 2.18. The molecule has 0 aromatic rings. The Balaban J connectivity index is 4.00. The van der Waals surface area contributed by atoms with E-state index < -0.39 is 0 Å². The first-order valence-corrected chi connectivity index (χ1v) is 4.81. The van der Waals surface area contributed by atoms with Gasteiger partial charge in [0.15, 0.2) is 12.3 Å². The molecule has 0 aromatic carbocycles. The van der Waals surface area contributed by atoms with E-state index in [0.717, 1.165) is 0 Å². The van der Waals surface area contributed by atoms with Crippen molar-refractivity contribution in [3.8, 4) is 0 Å². The van der Waals surface area contributed by atoms with E-state index in [-0.39, 0.29) is 12.1 Å². The first kappa shape index (κ1) is 13.5. The van der Waals surface area contributed by atoms with Crippen LogP contribution in [0.2, 0.25) is 0 Å². The zero-order chi connectivity index (χ0) is 10.8. The molecule has 0 unspecified atom stereocenters. The molecule has 0 saturated carbocycles. The van der Waals surface area contributed by atoms with E-state index in [4.69, 9.17) is 15.0 Å². The third kappa shape index (κ3) is 5.28. The predicted octanol–water partition coefficient (Wildman–Crippen LogP) is 2.85. The molecule has 1 N–H and O–H groups in total. The summed E-state index contributed by atoms with van der Waals surface area (Å²) in [5, 5.41) is 14.8. The van der Waals surface area contributed by atoms with Gasteiger partial charge in [-0.1, -0.05) is 24.0 Å². The van der Waals surface area contributed by atoms with Crippen molar-refractivity contribution in [1.29, 1.82) is 0 Å². The number of hydrogen-bond donors (Lipinski definition) is 1. The zero-order valence-electron chi connectivity index (χ0n) is 7.99. The molecular weight excluding hydrogens is 210 g/mol. The molecule has 7 nitrogen and oxygen atoms in total. The second-order valence-corrected chi connectivity index (χ2v) is 2.90. The van der Waals surface area contributed by atoms with Gasteiger partial charge < -0.3 is 0 Å². The second-order valence-electron chi connectivity index (χ2n) is 2.43. The summed E-state index contributed by atoms with van der Waals surface area (Å²) in [6.45, 7) is 3.78. The van der Waals surface area contributed by atoms with E-state index in [1.165, 1.54) is 0 Å². The molecule has 0 radical (unpaired) electrons. The molecule has 0 rings (SSSR count). The van der Waals surface area contributed by atoms with Crippen molar-refractivity contribution in [2.75, 3.05) is 0 Å². The maximum atomic E-state index is 8.28. The van der Waals surface area contributed by atoms with E-state index >= 15 is 0 Å². The molecule has 0 aliphatic rings. The van der Waals surface area contributed by atoms with Crippen molar-refractivity contribution in [2.24, 2.45) is 5.11 Å². The van der Waals surface area contributed by atoms with Crippen LogP contribution in [-0.4, -0.2) is 17.4 Å². The quantitative estimate of drug-likeness (QED) is 0.130. The monoisotopic (exact) mass is 223 g/mol. The third-order valence-corrected chi connectivity index (χ3v) is 2.11. The van der Waals surface area contributed by atoms with Gasteiger partial charge in [0.25, 0.3) is 0 Å². The zero-order valence-corrected chi connectivity index (χ0v) is 8.81. The van der Waals surface area contributed by atoms with Gasteiger partial charge >= 0.3 is 0 Å². The van der Waals surface area contributed by atoms with Crippen molar-refractivity contribution < 1.29 is 18.8 Å². The standard InChI is InChI=1S/C6H13N3O4S/c1-3-5(8-9-7)6(4-2)11-14-13-12-10/h5-6,10H,3-4H2,1-2H3/t5-,6+/m0/s1. The van der Waals surface area contributed by atoms with Gasteiger partial charge in [-0.2, -0.15) is 0 Å². The highest BCUT2D eigenvalue weighted by molar-refractivity contribution is 7.89. The summed E-state index contributed by atoms with van der Waals surface area (Å²) in [5.41, 5.74) is 8.28. The first-order valence-electron chi connectivity index (χ1n) is 4.14. The van der Waals surface area contributed by atoms with Crippen LogP contribution in [0.5, 0.6) is 0 Å². The first-order chi connectivity index (χ1) is 6.79. The molecule has 0 amide bonds. The van der Waals surface area contributed by atoms with E-state index in [1.807, 2.05) is 13.8 Å². The topological polar surface area (TPSA) is 96.7 Å². The fourth-order valence-corrected chi connectivity index (χ4v) is 1.39. The van der Waals surface area contributed by atoms with Crippen LogP contribution in [0.3, 0.4) is 0 Å². The van der Waals surface area contributed by atoms with Gasteiger partial charge in [0.05, 0.1) is 12.1 Å². The van der Waals surface area contributed by atoms with Crippen molar-refractivity contribution in [3.05, 3.63) is 10.4 Å². The Bertz CT molecular complexity index is 188. The number of hydrogen-bond acceptors (Lipinski definition) is 6. The predicted molar refractivity (Wildman–Crippen MR) is 50.8 cm³/mol. The molecule has 0 bridgehead atoms. The van der Waals surface area contributed by atoms with Crippen LogP contribution in [0.25, 0.3) is 10.4 Å². The Morgan fingerprint density at radius 3 is 2.64 bits per heavy atom. The molecular formula is C6H13N3O4S. The highest BCUT2D eigenvalue weighted by atomic mass is 32.2. The molecule has 0 aliphatic carbocycles. The minimum atomic E-state index is -0.268. The molecule has 0 aromatic heterocycles. The van der Waals surface area contributed by atoms with Crippen molar-refractivity contribution in [1.82, 2.24) is 0 Å².